The van der Waals surface area contributed by atoms with E-state index in [1.165, 1.54) is 5.56 Å². The largest absolute Gasteiger partial charge is 0.491 e. The fourth-order valence-electron chi connectivity index (χ4n) is 1.46. The minimum atomic E-state index is -0.766. The van der Waals surface area contributed by atoms with E-state index in [0.717, 1.165) is 11.3 Å². The zero-order valence-electron chi connectivity index (χ0n) is 10.6. The topological polar surface area (TPSA) is 78.3 Å². The summed E-state index contributed by atoms with van der Waals surface area (Å²) < 4.78 is 5.47. The predicted octanol–water partition coefficient (Wildman–Crippen LogP) is 1.31. The number of ether oxygens (including phenoxy) is 1. The molecular weight excluding hydrogens is 216 g/mol. The van der Waals surface area contributed by atoms with E-state index in [2.05, 4.69) is 19.9 Å². The van der Waals surface area contributed by atoms with Crippen LogP contribution in [-0.4, -0.2) is 18.6 Å². The number of carbonyl (C=O) groups is 1. The SMILES string of the molecule is Cc1cc(OCC(N)C(N)=O)cc(C(C)C)c1. The highest BCUT2D eigenvalue weighted by molar-refractivity contribution is 5.79. The monoisotopic (exact) mass is 236 g/mol. The Bertz CT molecular complexity index is 402. The van der Waals surface area contributed by atoms with Crippen LogP contribution in [0.2, 0.25) is 0 Å². The van der Waals surface area contributed by atoms with Gasteiger partial charge in [-0.3, -0.25) is 4.79 Å². The molecule has 1 atom stereocenters. The van der Waals surface area contributed by atoms with Crippen molar-refractivity contribution in [2.24, 2.45) is 11.5 Å². The van der Waals surface area contributed by atoms with Crippen LogP contribution in [0.25, 0.3) is 0 Å². The number of hydrogen-bond acceptors (Lipinski definition) is 3. The molecule has 1 aromatic carbocycles. The number of carbonyl (C=O) groups excluding carboxylic acids is 1. The first-order valence-corrected chi connectivity index (χ1v) is 5.69. The van der Waals surface area contributed by atoms with Gasteiger partial charge in [-0.25, -0.2) is 0 Å². The summed E-state index contributed by atoms with van der Waals surface area (Å²) in [7, 11) is 0. The van der Waals surface area contributed by atoms with Crippen molar-refractivity contribution in [3.05, 3.63) is 29.3 Å². The van der Waals surface area contributed by atoms with Crippen molar-refractivity contribution in [2.75, 3.05) is 6.61 Å². The molecule has 4 heteroatoms. The Morgan fingerprint density at radius 3 is 2.53 bits per heavy atom. The molecule has 4 N–H and O–H groups in total. The van der Waals surface area contributed by atoms with Gasteiger partial charge in [0.2, 0.25) is 5.91 Å². The molecule has 0 saturated carbocycles. The number of rotatable bonds is 5. The van der Waals surface area contributed by atoms with Crippen LogP contribution in [0.5, 0.6) is 5.75 Å². The number of benzene rings is 1. The Balaban J connectivity index is 2.74. The lowest BCUT2D eigenvalue weighted by atomic mass is 10.0. The molecule has 0 aliphatic rings. The molecule has 0 bridgehead atoms. The van der Waals surface area contributed by atoms with Gasteiger partial charge in [-0.05, 0) is 36.1 Å². The van der Waals surface area contributed by atoms with Crippen molar-refractivity contribution in [2.45, 2.75) is 32.7 Å². The van der Waals surface area contributed by atoms with Gasteiger partial charge in [0, 0.05) is 0 Å². The van der Waals surface area contributed by atoms with E-state index in [9.17, 15) is 4.79 Å². The molecule has 1 aromatic rings. The van der Waals surface area contributed by atoms with Crippen molar-refractivity contribution in [3.63, 3.8) is 0 Å². The zero-order valence-corrected chi connectivity index (χ0v) is 10.6. The minimum absolute atomic E-state index is 0.107. The van der Waals surface area contributed by atoms with Crippen molar-refractivity contribution < 1.29 is 9.53 Å². The van der Waals surface area contributed by atoms with E-state index in [4.69, 9.17) is 16.2 Å². The van der Waals surface area contributed by atoms with Crippen molar-refractivity contribution >= 4 is 5.91 Å². The molecule has 0 heterocycles. The summed E-state index contributed by atoms with van der Waals surface area (Å²) in [5.41, 5.74) is 12.9. The highest BCUT2D eigenvalue weighted by Gasteiger charge is 2.10. The molecule has 4 nitrogen and oxygen atoms in total. The molecule has 0 aliphatic carbocycles. The van der Waals surface area contributed by atoms with Crippen LogP contribution in [-0.2, 0) is 4.79 Å². The van der Waals surface area contributed by atoms with Gasteiger partial charge in [-0.1, -0.05) is 19.9 Å². The number of amides is 1. The third kappa shape index (κ3) is 4.07. The highest BCUT2D eigenvalue weighted by atomic mass is 16.5. The number of aryl methyl sites for hydroxylation is 1. The van der Waals surface area contributed by atoms with Crippen LogP contribution in [0.1, 0.15) is 30.9 Å². The van der Waals surface area contributed by atoms with E-state index in [-0.39, 0.29) is 6.61 Å². The fourth-order valence-corrected chi connectivity index (χ4v) is 1.46. The van der Waals surface area contributed by atoms with E-state index in [0.29, 0.717) is 5.92 Å². The molecule has 0 saturated heterocycles. The molecule has 0 aromatic heterocycles. The Kier molecular flexibility index (Phi) is 4.52. The first-order valence-electron chi connectivity index (χ1n) is 5.69. The maximum Gasteiger partial charge on any atom is 0.237 e. The lowest BCUT2D eigenvalue weighted by Gasteiger charge is -2.13. The van der Waals surface area contributed by atoms with E-state index >= 15 is 0 Å². The average molecular weight is 236 g/mol. The third-order valence-corrected chi connectivity index (χ3v) is 2.53. The van der Waals surface area contributed by atoms with E-state index in [1.54, 1.807) is 0 Å². The van der Waals surface area contributed by atoms with Gasteiger partial charge in [-0.2, -0.15) is 0 Å². The Morgan fingerprint density at radius 2 is 2.00 bits per heavy atom. The van der Waals surface area contributed by atoms with Crippen LogP contribution in [0.15, 0.2) is 18.2 Å². The van der Waals surface area contributed by atoms with Crippen LogP contribution in [0.3, 0.4) is 0 Å². The van der Waals surface area contributed by atoms with E-state index < -0.39 is 11.9 Å². The molecule has 0 spiro atoms. The average Bonchev–Trinajstić information content (AvgIpc) is 2.24. The van der Waals surface area contributed by atoms with Crippen molar-refractivity contribution in [1.82, 2.24) is 0 Å². The van der Waals surface area contributed by atoms with Gasteiger partial charge < -0.3 is 16.2 Å². The van der Waals surface area contributed by atoms with Crippen LogP contribution < -0.4 is 16.2 Å². The molecular formula is C13H20N2O2. The first-order chi connectivity index (χ1) is 7.90. The molecule has 1 rings (SSSR count). The molecule has 94 valence electrons. The van der Waals surface area contributed by atoms with Crippen LogP contribution in [0, 0.1) is 6.92 Å². The lowest BCUT2D eigenvalue weighted by Crippen LogP contribution is -2.41. The lowest BCUT2D eigenvalue weighted by molar-refractivity contribution is -0.119. The van der Waals surface area contributed by atoms with Crippen LogP contribution in [0.4, 0.5) is 0 Å². The smallest absolute Gasteiger partial charge is 0.237 e. The molecule has 1 amide bonds. The third-order valence-electron chi connectivity index (χ3n) is 2.53. The molecule has 0 aliphatic heterocycles. The number of primary amides is 1. The summed E-state index contributed by atoms with van der Waals surface area (Å²) >= 11 is 0. The standard InChI is InChI=1S/C13H20N2O2/c1-8(2)10-4-9(3)5-11(6-10)17-7-12(14)13(15)16/h4-6,8,12H,7,14H2,1-3H3,(H2,15,16). The van der Waals surface area contributed by atoms with Crippen molar-refractivity contribution in [1.29, 1.82) is 0 Å². The quantitative estimate of drug-likeness (QED) is 0.809. The summed E-state index contributed by atoms with van der Waals surface area (Å²) in [6.45, 7) is 6.35. The summed E-state index contributed by atoms with van der Waals surface area (Å²) in [6, 6.07) is 5.23. The van der Waals surface area contributed by atoms with Gasteiger partial charge in [0.05, 0.1) is 0 Å². The zero-order chi connectivity index (χ0) is 13.0. The maximum absolute atomic E-state index is 10.8. The Hall–Kier alpha value is -1.55. The summed E-state index contributed by atoms with van der Waals surface area (Å²) in [4.78, 5) is 10.8. The Labute approximate surface area is 102 Å². The van der Waals surface area contributed by atoms with Gasteiger partial charge in [0.25, 0.3) is 0 Å². The molecule has 1 unspecified atom stereocenters. The summed E-state index contributed by atoms with van der Waals surface area (Å²) in [5.74, 6) is 0.606. The Morgan fingerprint density at radius 1 is 1.35 bits per heavy atom. The number of nitrogens with two attached hydrogens (primary N) is 2. The van der Waals surface area contributed by atoms with E-state index in [1.807, 2.05) is 19.1 Å². The normalized spacial score (nSPS) is 12.5. The van der Waals surface area contributed by atoms with Crippen molar-refractivity contribution in [3.8, 4) is 5.75 Å². The van der Waals surface area contributed by atoms with Gasteiger partial charge in [-0.15, -0.1) is 0 Å². The predicted molar refractivity (Wildman–Crippen MR) is 67.9 cm³/mol. The summed E-state index contributed by atoms with van der Waals surface area (Å²) in [5, 5.41) is 0. The van der Waals surface area contributed by atoms with Gasteiger partial charge in [0.1, 0.15) is 18.4 Å². The second-order valence-corrected chi connectivity index (χ2v) is 4.55. The second-order valence-electron chi connectivity index (χ2n) is 4.55. The molecule has 17 heavy (non-hydrogen) atoms. The fraction of sp³-hybridized carbons (Fsp3) is 0.462. The highest BCUT2D eigenvalue weighted by Crippen LogP contribution is 2.22. The van der Waals surface area contributed by atoms with Crippen LogP contribution >= 0.6 is 0 Å². The molecule has 0 radical (unpaired) electrons. The van der Waals surface area contributed by atoms with Gasteiger partial charge in [0.15, 0.2) is 0 Å². The second kappa shape index (κ2) is 5.68. The minimum Gasteiger partial charge on any atom is -0.491 e. The first kappa shape index (κ1) is 13.5. The van der Waals surface area contributed by atoms with Gasteiger partial charge >= 0.3 is 0 Å². The molecule has 0 fully saturated rings. The summed E-state index contributed by atoms with van der Waals surface area (Å²) in [6.07, 6.45) is 0. The maximum atomic E-state index is 10.8. The number of hydrogen-bond donors (Lipinski definition) is 2.